The first-order chi connectivity index (χ1) is 21.0. The van der Waals surface area contributed by atoms with Crippen LogP contribution in [0.5, 0.6) is 11.5 Å². The summed E-state index contributed by atoms with van der Waals surface area (Å²) in [6.07, 6.45) is 0. The van der Waals surface area contributed by atoms with Crippen LogP contribution in [-0.2, 0) is 29.4 Å². The highest BCUT2D eigenvalue weighted by molar-refractivity contribution is 7.86. The fraction of sp³-hybridized carbons (Fsp3) is 0. The minimum absolute atomic E-state index is 0.128. The van der Waals surface area contributed by atoms with Crippen molar-refractivity contribution in [1.29, 1.82) is 0 Å². The smallest absolute Gasteiger partial charge is 0.358 e. The van der Waals surface area contributed by atoms with E-state index in [1.54, 1.807) is 0 Å². The summed E-state index contributed by atoms with van der Waals surface area (Å²) in [4.78, 5) is 36.0. The Morgan fingerprint density at radius 3 is 1.24 bits per heavy atom. The molecule has 0 heterocycles. The van der Waals surface area contributed by atoms with Crippen LogP contribution in [0, 0.1) is 0 Å². The van der Waals surface area contributed by atoms with Crippen LogP contribution in [0.15, 0.2) is 78.8 Å². The zero-order chi connectivity index (χ0) is 34.6. The minimum Gasteiger partial charge on any atom is -0.505 e. The Hall–Kier alpha value is -3.36. The number of azo groups is 2. The Balaban J connectivity index is 2.06. The molecule has 4 aromatic rings. The summed E-state index contributed by atoms with van der Waals surface area (Å²) < 4.78 is 92.4. The van der Waals surface area contributed by atoms with E-state index in [2.05, 4.69) is 20.5 Å². The topological polar surface area (TPSA) is 314 Å². The summed E-state index contributed by atoms with van der Waals surface area (Å²) in [5.41, 5.74) is -3.38. The van der Waals surface area contributed by atoms with E-state index in [4.69, 9.17) is 23.2 Å². The molecular formula is C22H16Cl2N4O14P2S2. The molecule has 0 aliphatic heterocycles. The summed E-state index contributed by atoms with van der Waals surface area (Å²) >= 11 is 11.6. The van der Waals surface area contributed by atoms with Gasteiger partial charge in [0, 0.05) is 10.0 Å². The summed E-state index contributed by atoms with van der Waals surface area (Å²) in [5.74, 6) is -2.61. The molecule has 4 aromatic carbocycles. The molecular weight excluding hydrogens is 741 g/mol. The maximum absolute atomic E-state index is 12.2. The van der Waals surface area contributed by atoms with Gasteiger partial charge in [0.15, 0.2) is 11.5 Å². The molecule has 4 rings (SSSR count). The van der Waals surface area contributed by atoms with Crippen LogP contribution in [0.25, 0.3) is 10.8 Å². The van der Waals surface area contributed by atoms with Gasteiger partial charge in [0.1, 0.15) is 32.5 Å². The SMILES string of the molecule is O=P(O)(O)c1cc(Cl)ccc1/N=N/c1c(S(=O)(=O)O)cc2cc(S(=O)(=O)O)c(/N=N/c3ccc(Cl)cc3P(=O)(O)O)c(O)c2c1O. The van der Waals surface area contributed by atoms with E-state index in [9.17, 15) is 64.9 Å². The molecule has 0 radical (unpaired) electrons. The zero-order valence-corrected chi connectivity index (χ0v) is 26.8. The summed E-state index contributed by atoms with van der Waals surface area (Å²) in [7, 11) is -20.8. The minimum atomic E-state index is -5.35. The van der Waals surface area contributed by atoms with Gasteiger partial charge < -0.3 is 29.8 Å². The third-order valence-corrected chi connectivity index (χ3v) is 10.0. The highest BCUT2D eigenvalue weighted by atomic mass is 35.5. The maximum atomic E-state index is 12.2. The van der Waals surface area contributed by atoms with E-state index in [1.165, 1.54) is 0 Å². The normalized spacial score (nSPS) is 13.3. The van der Waals surface area contributed by atoms with Gasteiger partial charge in [-0.15, -0.1) is 20.5 Å². The first-order valence-corrected chi connectivity index (χ1v) is 18.4. The fourth-order valence-corrected chi connectivity index (χ4v) is 7.15. The maximum Gasteiger partial charge on any atom is 0.358 e. The number of halogens is 2. The van der Waals surface area contributed by atoms with E-state index in [-0.39, 0.29) is 10.0 Å². The molecule has 46 heavy (non-hydrogen) atoms. The lowest BCUT2D eigenvalue weighted by molar-refractivity contribution is 0.385. The third-order valence-electron chi connectivity index (χ3n) is 5.82. The van der Waals surface area contributed by atoms with Crippen molar-refractivity contribution < 1.29 is 64.9 Å². The number of benzene rings is 4. The van der Waals surface area contributed by atoms with Crippen molar-refractivity contribution in [2.24, 2.45) is 20.5 Å². The number of hydrogen-bond donors (Lipinski definition) is 8. The second-order valence-corrected chi connectivity index (χ2v) is 15.7. The largest absolute Gasteiger partial charge is 0.505 e. The second-order valence-electron chi connectivity index (χ2n) is 8.95. The van der Waals surface area contributed by atoms with Gasteiger partial charge in [-0.25, -0.2) is 0 Å². The van der Waals surface area contributed by atoms with E-state index in [0.29, 0.717) is 12.1 Å². The Morgan fingerprint density at radius 2 is 0.935 bits per heavy atom. The van der Waals surface area contributed by atoms with Crippen molar-refractivity contribution in [2.45, 2.75) is 9.79 Å². The van der Waals surface area contributed by atoms with Gasteiger partial charge in [0.05, 0.1) is 16.0 Å². The second kappa shape index (κ2) is 12.3. The van der Waals surface area contributed by atoms with Gasteiger partial charge in [-0.05, 0) is 53.9 Å². The van der Waals surface area contributed by atoms with Crippen LogP contribution in [0.4, 0.5) is 22.7 Å². The van der Waals surface area contributed by atoms with Crippen molar-refractivity contribution in [1.82, 2.24) is 0 Å². The average molecular weight is 757 g/mol. The lowest BCUT2D eigenvalue weighted by atomic mass is 10.1. The molecule has 0 aliphatic rings. The number of hydrogen-bond acceptors (Lipinski definition) is 12. The van der Waals surface area contributed by atoms with Crippen molar-refractivity contribution >= 4 is 103 Å². The number of phenols is 2. The molecule has 18 nitrogen and oxygen atoms in total. The van der Waals surface area contributed by atoms with Gasteiger partial charge in [-0.3, -0.25) is 18.2 Å². The molecule has 0 amide bonds. The molecule has 0 spiro atoms. The van der Waals surface area contributed by atoms with Crippen LogP contribution in [-0.4, -0.2) is 55.7 Å². The standard InChI is InChI=1S/C22H16Cl2N4O14P2S2/c23-10-1-3-12(14(7-10)43(31,32)33)25-27-19-16(45(37,38)39)5-9-6-17(46(40,41)42)20(22(30)18(9)21(19)29)28-26-13-4-2-11(24)8-15(13)44(34,35)36/h1-8,29-30H,(H2,31,32,33)(H2,34,35,36)(H,37,38,39)(H,40,41,42)/b27-25+,28-26+. The molecule has 0 atom stereocenters. The number of aromatic hydroxyl groups is 2. The quantitative estimate of drug-likeness (QED) is 0.0698. The molecule has 0 aliphatic carbocycles. The lowest BCUT2D eigenvalue weighted by Crippen LogP contribution is -2.04. The highest BCUT2D eigenvalue weighted by Gasteiger charge is 2.30. The van der Waals surface area contributed by atoms with Crippen LogP contribution in [0.3, 0.4) is 0 Å². The van der Waals surface area contributed by atoms with Gasteiger partial charge in [0.2, 0.25) is 0 Å². The first kappa shape index (κ1) is 35.5. The summed E-state index contributed by atoms with van der Waals surface area (Å²) in [6.45, 7) is 0. The van der Waals surface area contributed by atoms with Crippen molar-refractivity contribution in [3.63, 3.8) is 0 Å². The van der Waals surface area contributed by atoms with Crippen LogP contribution in [0.2, 0.25) is 10.0 Å². The monoisotopic (exact) mass is 756 g/mol. The average Bonchev–Trinajstić information content (AvgIpc) is 2.90. The van der Waals surface area contributed by atoms with Gasteiger partial charge in [0.25, 0.3) is 20.2 Å². The molecule has 0 aromatic heterocycles. The predicted molar refractivity (Wildman–Crippen MR) is 162 cm³/mol. The van der Waals surface area contributed by atoms with Gasteiger partial charge >= 0.3 is 15.2 Å². The number of nitrogens with zero attached hydrogens (tertiary/aromatic N) is 4. The van der Waals surface area contributed by atoms with E-state index in [1.807, 2.05) is 0 Å². The molecule has 0 bridgehead atoms. The molecule has 0 saturated heterocycles. The fourth-order valence-electron chi connectivity index (χ4n) is 3.88. The molecule has 244 valence electrons. The van der Waals surface area contributed by atoms with Crippen molar-refractivity contribution in [3.8, 4) is 11.5 Å². The highest BCUT2D eigenvalue weighted by Crippen LogP contribution is 2.50. The summed E-state index contributed by atoms with van der Waals surface area (Å²) in [6, 6.07) is 6.90. The van der Waals surface area contributed by atoms with Gasteiger partial charge in [-0.1, -0.05) is 23.2 Å². The zero-order valence-electron chi connectivity index (χ0n) is 21.9. The van der Waals surface area contributed by atoms with E-state index in [0.717, 1.165) is 36.4 Å². The number of rotatable bonds is 8. The van der Waals surface area contributed by atoms with Crippen LogP contribution >= 0.6 is 38.4 Å². The van der Waals surface area contributed by atoms with Crippen molar-refractivity contribution in [3.05, 3.63) is 58.6 Å². The summed E-state index contributed by atoms with van der Waals surface area (Å²) in [5, 5.41) is 32.9. The Bertz CT molecular complexity index is 2170. The molecule has 0 unspecified atom stereocenters. The lowest BCUT2D eigenvalue weighted by Gasteiger charge is -2.13. The molecule has 24 heteroatoms. The number of fused-ring (bicyclic) bond motifs is 1. The van der Waals surface area contributed by atoms with Crippen molar-refractivity contribution in [2.75, 3.05) is 0 Å². The van der Waals surface area contributed by atoms with Crippen LogP contribution in [0.1, 0.15) is 0 Å². The van der Waals surface area contributed by atoms with Gasteiger partial charge in [-0.2, -0.15) is 16.8 Å². The molecule has 0 saturated carbocycles. The van der Waals surface area contributed by atoms with Crippen LogP contribution < -0.4 is 10.6 Å². The first-order valence-electron chi connectivity index (χ1n) is 11.6. The number of phenolic OH excluding ortho intramolecular Hbond substituents is 2. The van der Waals surface area contributed by atoms with E-state index < -0.39 is 101 Å². The Morgan fingerprint density at radius 1 is 0.587 bits per heavy atom. The Kier molecular flexibility index (Phi) is 9.52. The molecule has 0 fully saturated rings. The third kappa shape index (κ3) is 7.44. The van der Waals surface area contributed by atoms with E-state index >= 15 is 0 Å². The Labute approximate surface area is 267 Å². The molecule has 8 N–H and O–H groups in total. The predicted octanol–water partition coefficient (Wildman–Crippen LogP) is 4.49.